The molecule has 4 amide bonds. The van der Waals surface area contributed by atoms with Crippen LogP contribution in [0.4, 0.5) is 4.79 Å². The summed E-state index contributed by atoms with van der Waals surface area (Å²) < 4.78 is 21.4. The molecule has 1 aliphatic heterocycles. The van der Waals surface area contributed by atoms with E-state index in [4.69, 9.17) is 18.9 Å². The van der Waals surface area contributed by atoms with Crippen molar-refractivity contribution in [3.63, 3.8) is 0 Å². The van der Waals surface area contributed by atoms with Gasteiger partial charge in [0.1, 0.15) is 30.2 Å². The zero-order valence-electron chi connectivity index (χ0n) is 33.5. The van der Waals surface area contributed by atoms with Gasteiger partial charge in [0.25, 0.3) is 0 Å². The first-order chi connectivity index (χ1) is 27.5. The Kier molecular flexibility index (Phi) is 17.4. The molecule has 4 atom stereocenters. The molecule has 0 saturated carbocycles. The summed E-state index contributed by atoms with van der Waals surface area (Å²) in [5, 5.41) is 8.55. The van der Waals surface area contributed by atoms with Crippen molar-refractivity contribution >= 4 is 29.8 Å². The Bertz CT molecular complexity index is 1800. The van der Waals surface area contributed by atoms with Gasteiger partial charge in [-0.2, -0.15) is 0 Å². The summed E-state index contributed by atoms with van der Waals surface area (Å²) in [4.78, 5) is 69.1. The van der Waals surface area contributed by atoms with Crippen LogP contribution in [-0.2, 0) is 48.2 Å². The molecule has 3 aromatic carbocycles. The maximum atomic E-state index is 14.2. The summed E-state index contributed by atoms with van der Waals surface area (Å²) in [6, 6.07) is 21.1. The molecule has 57 heavy (non-hydrogen) atoms. The largest absolute Gasteiger partial charge is 0.497 e. The lowest BCUT2D eigenvalue weighted by Crippen LogP contribution is -2.56. The fourth-order valence-corrected chi connectivity index (χ4v) is 6.69. The van der Waals surface area contributed by atoms with Gasteiger partial charge in [0, 0.05) is 49.2 Å². The van der Waals surface area contributed by atoms with Gasteiger partial charge in [-0.15, -0.1) is 0 Å². The van der Waals surface area contributed by atoms with Crippen LogP contribution >= 0.6 is 0 Å². The molecule has 1 saturated heterocycles. The van der Waals surface area contributed by atoms with Crippen LogP contribution in [0.3, 0.4) is 0 Å². The fourth-order valence-electron chi connectivity index (χ4n) is 6.69. The van der Waals surface area contributed by atoms with E-state index in [9.17, 15) is 24.0 Å². The molecule has 13 heteroatoms. The van der Waals surface area contributed by atoms with Crippen molar-refractivity contribution in [1.29, 1.82) is 0 Å². The second-order valence-electron chi connectivity index (χ2n) is 14.4. The fraction of sp³-hybridized carbons (Fsp3) is 0.432. The number of alkyl carbamates (subject to hydrolysis) is 1. The third-order valence-electron chi connectivity index (χ3n) is 9.56. The highest BCUT2D eigenvalue weighted by Gasteiger charge is 2.33. The smallest absolute Gasteiger partial charge is 0.408 e. The van der Waals surface area contributed by atoms with Crippen molar-refractivity contribution in [1.82, 2.24) is 20.9 Å². The molecule has 0 aliphatic carbocycles. The molecule has 306 valence electrons. The maximum Gasteiger partial charge on any atom is 0.408 e. The highest BCUT2D eigenvalue weighted by atomic mass is 16.5. The maximum absolute atomic E-state index is 14.2. The van der Waals surface area contributed by atoms with E-state index in [-0.39, 0.29) is 37.9 Å². The normalized spacial score (nSPS) is 15.6. The predicted octanol–water partition coefficient (Wildman–Crippen LogP) is 5.51. The van der Waals surface area contributed by atoms with Crippen molar-refractivity contribution in [2.75, 3.05) is 27.4 Å². The molecule has 0 spiro atoms. The van der Waals surface area contributed by atoms with E-state index in [1.807, 2.05) is 86.6 Å². The standard InChI is InChI=1S/C44H56N4O9/c1-6-56-40(49)22-20-35(26-33-18-13-23-48(43(33)52)28-34-19-21-36(54-4)27-39(34)55-5)45-41(50)38(25-31-14-9-7-10-15-31)46-42(51)37(24-30(2)3)47-44(53)57-29-32-16-11-8-12-17-32/h7-12,14-17,19-22,27,30,33,35,37-38H,6,13,18,23-26,28-29H2,1-5H3,(H,45,50)(H,46,51)(H,47,53)/b22-20+/t33-,35-,37+,38+/m1/s1. The second kappa shape index (κ2) is 22.6. The first-order valence-electron chi connectivity index (χ1n) is 19.5. The van der Waals surface area contributed by atoms with Crippen molar-refractivity contribution < 1.29 is 42.9 Å². The number of piperidine rings is 1. The minimum Gasteiger partial charge on any atom is -0.497 e. The first-order valence-corrected chi connectivity index (χ1v) is 19.5. The number of ether oxygens (including phenoxy) is 4. The van der Waals surface area contributed by atoms with E-state index in [2.05, 4.69) is 16.0 Å². The number of carbonyl (C=O) groups is 5. The molecule has 1 aliphatic rings. The number of rotatable bonds is 20. The van der Waals surface area contributed by atoms with Crippen molar-refractivity contribution in [2.45, 2.75) is 84.2 Å². The van der Waals surface area contributed by atoms with Crippen LogP contribution in [0.25, 0.3) is 0 Å². The first kappa shape index (κ1) is 43.9. The van der Waals surface area contributed by atoms with E-state index >= 15 is 0 Å². The molecule has 0 unspecified atom stereocenters. The van der Waals surface area contributed by atoms with Gasteiger partial charge in [0.15, 0.2) is 0 Å². The Hall–Kier alpha value is -5.85. The molecule has 0 bridgehead atoms. The second-order valence-corrected chi connectivity index (χ2v) is 14.4. The van der Waals surface area contributed by atoms with Gasteiger partial charge < -0.3 is 39.8 Å². The van der Waals surface area contributed by atoms with E-state index in [0.29, 0.717) is 37.4 Å². The number of nitrogens with zero attached hydrogens (tertiary/aromatic N) is 1. The van der Waals surface area contributed by atoms with Gasteiger partial charge in [0.2, 0.25) is 17.7 Å². The summed E-state index contributed by atoms with van der Waals surface area (Å²) >= 11 is 0. The van der Waals surface area contributed by atoms with Crippen LogP contribution in [0, 0.1) is 11.8 Å². The zero-order valence-corrected chi connectivity index (χ0v) is 33.5. The third kappa shape index (κ3) is 14.3. The number of amides is 4. The topological polar surface area (TPSA) is 162 Å². The minimum atomic E-state index is -1.07. The number of benzene rings is 3. The molecule has 3 N–H and O–H groups in total. The quantitative estimate of drug-likeness (QED) is 0.0992. The number of hydrogen-bond acceptors (Lipinski definition) is 9. The number of carbonyl (C=O) groups excluding carboxylic acids is 5. The van der Waals surface area contributed by atoms with Gasteiger partial charge in [-0.3, -0.25) is 14.4 Å². The average molecular weight is 785 g/mol. The van der Waals surface area contributed by atoms with E-state index in [0.717, 1.165) is 23.1 Å². The SMILES string of the molecule is CCOC(=O)/C=C/[C@H](C[C@H]1CCCN(Cc2ccc(OC)cc2OC)C1=O)NC(=O)[C@H](Cc1ccccc1)NC(=O)[C@H](CC(C)C)NC(=O)OCc1ccccc1. The van der Waals surface area contributed by atoms with Crippen molar-refractivity contribution in [3.8, 4) is 11.5 Å². The Morgan fingerprint density at radius 1 is 0.842 bits per heavy atom. The Labute approximate surface area is 335 Å². The Balaban J connectivity index is 1.53. The van der Waals surface area contributed by atoms with E-state index in [1.165, 1.54) is 12.2 Å². The molecule has 0 radical (unpaired) electrons. The number of esters is 1. The average Bonchev–Trinajstić information content (AvgIpc) is 3.20. The van der Waals surface area contributed by atoms with Crippen molar-refractivity contribution in [3.05, 3.63) is 108 Å². The summed E-state index contributed by atoms with van der Waals surface area (Å²) in [5.41, 5.74) is 2.41. The molecule has 4 rings (SSSR count). The van der Waals surface area contributed by atoms with E-state index in [1.54, 1.807) is 32.1 Å². The van der Waals surface area contributed by atoms with Crippen LogP contribution in [0.1, 0.15) is 63.1 Å². The van der Waals surface area contributed by atoms with Crippen LogP contribution in [0.15, 0.2) is 91.0 Å². The molecular formula is C44H56N4O9. The van der Waals surface area contributed by atoms with Crippen LogP contribution < -0.4 is 25.4 Å². The molecule has 0 aromatic heterocycles. The molecular weight excluding hydrogens is 729 g/mol. The zero-order chi connectivity index (χ0) is 41.2. The van der Waals surface area contributed by atoms with Gasteiger partial charge in [-0.25, -0.2) is 9.59 Å². The molecule has 1 heterocycles. The number of methoxy groups -OCH3 is 2. The Morgan fingerprint density at radius 3 is 2.18 bits per heavy atom. The van der Waals surface area contributed by atoms with Crippen LogP contribution in [-0.4, -0.2) is 80.2 Å². The summed E-state index contributed by atoms with van der Waals surface area (Å²) in [5.74, 6) is -0.954. The molecule has 3 aromatic rings. The Morgan fingerprint density at radius 2 is 1.53 bits per heavy atom. The van der Waals surface area contributed by atoms with Gasteiger partial charge in [-0.1, -0.05) is 80.6 Å². The minimum absolute atomic E-state index is 0.0207. The van der Waals surface area contributed by atoms with Gasteiger partial charge in [-0.05, 0) is 61.8 Å². The van der Waals surface area contributed by atoms with Crippen LogP contribution in [0.5, 0.6) is 11.5 Å². The van der Waals surface area contributed by atoms with Gasteiger partial charge >= 0.3 is 12.1 Å². The lowest BCUT2D eigenvalue weighted by molar-refractivity contribution is -0.140. The monoisotopic (exact) mass is 784 g/mol. The lowest BCUT2D eigenvalue weighted by Gasteiger charge is -2.34. The highest BCUT2D eigenvalue weighted by Crippen LogP contribution is 2.29. The van der Waals surface area contributed by atoms with E-state index < -0.39 is 47.9 Å². The lowest BCUT2D eigenvalue weighted by atomic mass is 9.89. The summed E-state index contributed by atoms with van der Waals surface area (Å²) in [7, 11) is 3.14. The van der Waals surface area contributed by atoms with Gasteiger partial charge in [0.05, 0.1) is 20.8 Å². The molecule has 1 fully saturated rings. The number of likely N-dealkylation sites (tertiary alicyclic amines) is 1. The third-order valence-corrected chi connectivity index (χ3v) is 9.56. The summed E-state index contributed by atoms with van der Waals surface area (Å²) in [6.07, 6.45) is 3.97. The number of nitrogens with one attached hydrogen (secondary N) is 3. The highest BCUT2D eigenvalue weighted by molar-refractivity contribution is 5.92. The predicted molar refractivity (Wildman–Crippen MR) is 215 cm³/mol. The number of hydrogen-bond donors (Lipinski definition) is 3. The molecule has 13 nitrogen and oxygen atoms in total. The van der Waals surface area contributed by atoms with Crippen molar-refractivity contribution in [2.24, 2.45) is 11.8 Å². The summed E-state index contributed by atoms with van der Waals surface area (Å²) in [6.45, 7) is 6.62. The van der Waals surface area contributed by atoms with Crippen LogP contribution in [0.2, 0.25) is 0 Å².